The van der Waals surface area contributed by atoms with Gasteiger partial charge in [0.2, 0.25) is 5.82 Å². The Kier molecular flexibility index (Phi) is 3.83. The first-order valence-electron chi connectivity index (χ1n) is 6.00. The third-order valence-corrected chi connectivity index (χ3v) is 3.07. The lowest BCUT2D eigenvalue weighted by molar-refractivity contribution is -0.384. The Bertz CT molecular complexity index is 710. The highest BCUT2D eigenvalue weighted by atomic mass is 16.6. The molecule has 2 aromatic heterocycles. The van der Waals surface area contributed by atoms with Crippen molar-refractivity contribution in [3.8, 4) is 0 Å². The molecule has 0 aliphatic rings. The number of aromatic nitrogens is 3. The second kappa shape index (κ2) is 5.57. The van der Waals surface area contributed by atoms with Crippen LogP contribution in [0.4, 0.5) is 11.5 Å². The number of nitrogens with zero attached hydrogens (tertiary/aromatic N) is 4. The zero-order chi connectivity index (χ0) is 15.6. The summed E-state index contributed by atoms with van der Waals surface area (Å²) in [6, 6.07) is 2.22. The van der Waals surface area contributed by atoms with Crippen molar-refractivity contribution in [2.45, 2.75) is 13.5 Å². The largest absolute Gasteiger partial charge is 0.477 e. The molecule has 110 valence electrons. The van der Waals surface area contributed by atoms with Gasteiger partial charge in [-0.05, 0) is 13.0 Å². The number of pyridine rings is 1. The van der Waals surface area contributed by atoms with Gasteiger partial charge in [0.1, 0.15) is 0 Å². The van der Waals surface area contributed by atoms with Gasteiger partial charge < -0.3 is 10.4 Å². The summed E-state index contributed by atoms with van der Waals surface area (Å²) in [4.78, 5) is 25.0. The molecule has 21 heavy (non-hydrogen) atoms. The molecule has 0 saturated heterocycles. The number of anilines is 1. The van der Waals surface area contributed by atoms with Crippen LogP contribution < -0.4 is 5.32 Å². The average Bonchev–Trinajstić information content (AvgIpc) is 2.76. The molecule has 2 rings (SSSR count). The maximum atomic E-state index is 10.9. The number of carbonyl (C=O) groups is 1. The highest BCUT2D eigenvalue weighted by Crippen LogP contribution is 2.23. The number of carboxylic acids is 1. The third-order valence-electron chi connectivity index (χ3n) is 3.07. The number of hydrogen-bond donors (Lipinski definition) is 2. The Labute approximate surface area is 119 Å². The molecule has 0 unspecified atom stereocenters. The molecule has 0 fully saturated rings. The van der Waals surface area contributed by atoms with Crippen LogP contribution in [-0.2, 0) is 13.6 Å². The van der Waals surface area contributed by atoms with Gasteiger partial charge in [0.25, 0.3) is 0 Å². The van der Waals surface area contributed by atoms with Gasteiger partial charge in [-0.25, -0.2) is 9.78 Å². The molecule has 0 bridgehead atoms. The molecule has 0 spiro atoms. The van der Waals surface area contributed by atoms with Crippen molar-refractivity contribution >= 4 is 17.5 Å². The minimum Gasteiger partial charge on any atom is -0.477 e. The normalized spacial score (nSPS) is 10.4. The topological polar surface area (TPSA) is 123 Å². The fourth-order valence-electron chi connectivity index (χ4n) is 1.74. The fourth-order valence-corrected chi connectivity index (χ4v) is 1.74. The van der Waals surface area contributed by atoms with Crippen LogP contribution in [0.5, 0.6) is 0 Å². The van der Waals surface area contributed by atoms with E-state index in [0.717, 1.165) is 23.4 Å². The van der Waals surface area contributed by atoms with Crippen molar-refractivity contribution in [2.24, 2.45) is 7.05 Å². The molecular formula is C12H13N5O4. The SMILES string of the molecule is Cc1c(CNc2nc(C(=O)O)ccc2[N+](=O)[O-])cnn1C. The predicted octanol–water partition coefficient (Wildman–Crippen LogP) is 1.34. The summed E-state index contributed by atoms with van der Waals surface area (Å²) in [5.41, 5.74) is 1.21. The van der Waals surface area contributed by atoms with Crippen molar-refractivity contribution in [1.29, 1.82) is 0 Å². The monoisotopic (exact) mass is 291 g/mol. The second-order valence-electron chi connectivity index (χ2n) is 4.36. The molecule has 2 heterocycles. The maximum Gasteiger partial charge on any atom is 0.354 e. The van der Waals surface area contributed by atoms with Crippen LogP contribution in [0, 0.1) is 17.0 Å². The van der Waals surface area contributed by atoms with E-state index in [1.807, 2.05) is 6.92 Å². The van der Waals surface area contributed by atoms with Crippen LogP contribution in [0.2, 0.25) is 0 Å². The van der Waals surface area contributed by atoms with E-state index < -0.39 is 10.9 Å². The number of aryl methyl sites for hydroxylation is 1. The molecule has 9 nitrogen and oxygen atoms in total. The summed E-state index contributed by atoms with van der Waals surface area (Å²) < 4.78 is 1.67. The minimum absolute atomic E-state index is 0.0804. The maximum absolute atomic E-state index is 10.9. The molecular weight excluding hydrogens is 278 g/mol. The zero-order valence-corrected chi connectivity index (χ0v) is 11.4. The van der Waals surface area contributed by atoms with Gasteiger partial charge in [-0.1, -0.05) is 0 Å². The smallest absolute Gasteiger partial charge is 0.354 e. The van der Waals surface area contributed by atoms with Crippen LogP contribution in [-0.4, -0.2) is 30.8 Å². The number of hydrogen-bond acceptors (Lipinski definition) is 6. The van der Waals surface area contributed by atoms with Crippen molar-refractivity contribution in [1.82, 2.24) is 14.8 Å². The number of aromatic carboxylic acids is 1. The first kappa shape index (κ1) is 14.4. The lowest BCUT2D eigenvalue weighted by Gasteiger charge is -2.07. The van der Waals surface area contributed by atoms with E-state index in [2.05, 4.69) is 15.4 Å². The molecule has 0 atom stereocenters. The Morgan fingerprint density at radius 1 is 1.52 bits per heavy atom. The number of nitrogens with one attached hydrogen (secondary N) is 1. The van der Waals surface area contributed by atoms with Crippen LogP contribution in [0.15, 0.2) is 18.3 Å². The van der Waals surface area contributed by atoms with Gasteiger partial charge in [-0.2, -0.15) is 5.10 Å². The van der Waals surface area contributed by atoms with E-state index in [0.29, 0.717) is 0 Å². The van der Waals surface area contributed by atoms with E-state index in [9.17, 15) is 14.9 Å². The Balaban J connectivity index is 2.28. The lowest BCUT2D eigenvalue weighted by Crippen LogP contribution is -2.09. The highest BCUT2D eigenvalue weighted by Gasteiger charge is 2.18. The zero-order valence-electron chi connectivity index (χ0n) is 11.4. The van der Waals surface area contributed by atoms with Gasteiger partial charge in [0.05, 0.1) is 11.1 Å². The fraction of sp³-hybridized carbons (Fsp3) is 0.250. The average molecular weight is 291 g/mol. The van der Waals surface area contributed by atoms with E-state index in [1.54, 1.807) is 17.9 Å². The van der Waals surface area contributed by atoms with Gasteiger partial charge in [0, 0.05) is 30.9 Å². The second-order valence-corrected chi connectivity index (χ2v) is 4.36. The minimum atomic E-state index is -1.24. The van der Waals surface area contributed by atoms with Gasteiger partial charge >= 0.3 is 11.7 Å². The summed E-state index contributed by atoms with van der Waals surface area (Å²) >= 11 is 0. The molecule has 2 N–H and O–H groups in total. The first-order chi connectivity index (χ1) is 9.90. The van der Waals surface area contributed by atoms with E-state index in [1.165, 1.54) is 0 Å². The number of rotatable bonds is 5. The Morgan fingerprint density at radius 3 is 2.76 bits per heavy atom. The van der Waals surface area contributed by atoms with Crippen LogP contribution in [0.25, 0.3) is 0 Å². The predicted molar refractivity (Wildman–Crippen MR) is 73.1 cm³/mol. The van der Waals surface area contributed by atoms with Gasteiger partial charge in [0.15, 0.2) is 5.69 Å². The number of nitro groups is 1. The molecule has 0 aromatic carbocycles. The molecule has 0 aliphatic carbocycles. The molecule has 2 aromatic rings. The summed E-state index contributed by atoms with van der Waals surface area (Å²) in [6.07, 6.45) is 1.63. The van der Waals surface area contributed by atoms with Crippen molar-refractivity contribution in [2.75, 3.05) is 5.32 Å². The molecule has 0 aliphatic heterocycles. The third kappa shape index (κ3) is 2.96. The van der Waals surface area contributed by atoms with Gasteiger partial charge in [-0.3, -0.25) is 14.8 Å². The number of carboxylic acid groups (broad SMARTS) is 1. The highest BCUT2D eigenvalue weighted by molar-refractivity contribution is 5.86. The van der Waals surface area contributed by atoms with Crippen molar-refractivity contribution in [3.05, 3.63) is 45.4 Å². The molecule has 9 heteroatoms. The first-order valence-corrected chi connectivity index (χ1v) is 6.00. The molecule has 0 saturated carbocycles. The summed E-state index contributed by atoms with van der Waals surface area (Å²) in [5, 5.41) is 26.7. The standard InChI is InChI=1S/C12H13N5O4/c1-7-8(6-14-16(7)2)5-13-11-10(17(20)21)4-3-9(15-11)12(18)19/h3-4,6H,5H2,1-2H3,(H,13,15)(H,18,19). The summed E-state index contributed by atoms with van der Waals surface area (Å²) in [5.74, 6) is -1.33. The van der Waals surface area contributed by atoms with Crippen molar-refractivity contribution in [3.63, 3.8) is 0 Å². The molecule has 0 amide bonds. The molecule has 0 radical (unpaired) electrons. The lowest BCUT2D eigenvalue weighted by atomic mass is 10.2. The van der Waals surface area contributed by atoms with Crippen molar-refractivity contribution < 1.29 is 14.8 Å². The van der Waals surface area contributed by atoms with Crippen LogP contribution >= 0.6 is 0 Å². The van der Waals surface area contributed by atoms with Crippen LogP contribution in [0.1, 0.15) is 21.7 Å². The van der Waals surface area contributed by atoms with E-state index >= 15 is 0 Å². The van der Waals surface area contributed by atoms with E-state index in [4.69, 9.17) is 5.11 Å². The van der Waals surface area contributed by atoms with Gasteiger partial charge in [-0.15, -0.1) is 0 Å². The van der Waals surface area contributed by atoms with E-state index in [-0.39, 0.29) is 23.7 Å². The summed E-state index contributed by atoms with van der Waals surface area (Å²) in [7, 11) is 1.78. The van der Waals surface area contributed by atoms with Crippen LogP contribution in [0.3, 0.4) is 0 Å². The summed E-state index contributed by atoms with van der Waals surface area (Å²) in [6.45, 7) is 2.12. The quantitative estimate of drug-likeness (QED) is 0.629. The Hall–Kier alpha value is -2.97. The Morgan fingerprint density at radius 2 is 2.24 bits per heavy atom.